The van der Waals surface area contributed by atoms with Gasteiger partial charge in [0, 0.05) is 58.9 Å². The van der Waals surface area contributed by atoms with Gasteiger partial charge in [-0.3, -0.25) is 9.59 Å². The molecule has 62 heavy (non-hydrogen) atoms. The van der Waals surface area contributed by atoms with E-state index in [1.165, 1.54) is 14.2 Å². The number of fused-ring (bicyclic) bond motifs is 2. The van der Waals surface area contributed by atoms with Crippen LogP contribution >= 0.6 is 54.0 Å². The van der Waals surface area contributed by atoms with E-state index in [2.05, 4.69) is 69.1 Å². The molecular formula is C42H58N8O8S4. The number of amides is 4. The van der Waals surface area contributed by atoms with Crippen molar-refractivity contribution < 1.29 is 38.1 Å². The number of imidazole rings is 2. The third-order valence-corrected chi connectivity index (χ3v) is 11.1. The second kappa shape index (κ2) is 23.7. The van der Waals surface area contributed by atoms with Gasteiger partial charge in [0.15, 0.2) is 0 Å². The lowest BCUT2D eigenvalue weighted by Gasteiger charge is -2.28. The zero-order chi connectivity index (χ0) is 40.8. The number of benzene rings is 3. The van der Waals surface area contributed by atoms with E-state index in [0.717, 1.165) is 69.9 Å². The van der Waals surface area contributed by atoms with Gasteiger partial charge in [0.2, 0.25) is 11.8 Å². The smallest absolute Gasteiger partial charge is 0.407 e. The Kier molecular flexibility index (Phi) is 19.8. The molecule has 338 valence electrons. The van der Waals surface area contributed by atoms with Gasteiger partial charge >= 0.3 is 12.2 Å². The van der Waals surface area contributed by atoms with Crippen LogP contribution in [0.1, 0.15) is 62.3 Å². The van der Waals surface area contributed by atoms with E-state index < -0.39 is 24.3 Å². The minimum Gasteiger partial charge on any atom is -0.453 e. The molecule has 5 aromatic rings. The molecule has 0 unspecified atom stereocenters. The number of hydrogen-bond donors (Lipinski definition) is 4. The molecular weight excluding hydrogens is 873 g/mol. The van der Waals surface area contributed by atoms with Crippen LogP contribution in [0.5, 0.6) is 0 Å². The normalized spacial score (nSPS) is 16.6. The summed E-state index contributed by atoms with van der Waals surface area (Å²) in [5.41, 5.74) is 5.56. The molecule has 4 amide bonds. The average Bonchev–Trinajstić information content (AvgIpc) is 4.09. The largest absolute Gasteiger partial charge is 0.453 e. The Bertz CT molecular complexity index is 2290. The summed E-state index contributed by atoms with van der Waals surface area (Å²) in [6.45, 7) is 1.75. The Morgan fingerprint density at radius 3 is 1.73 bits per heavy atom. The molecule has 7 rings (SSSR count). The first-order valence-corrected chi connectivity index (χ1v) is 19.6. The Balaban J connectivity index is 0.00000256. The standard InChI is InChI=1S/C42H50N8O8.4H2S/c1-55-19-15-31(47-41(53)57-3)39(51)49-17-5-7-35(49)37-43-24-34(46-37)29-12-11-25-21-26(9-10-27(25)22-29)28-13-14-30-33(23-28)45-38(44-30)36-8-6-18-50(36)40(52)32(16-20-56-2)48-42(54)58-4;;;;/h9-14,21-24,31-32,35-36H,5-8,15-20H2,1-4H3,(H,43,46)(H,44,45)(H,47,53)(H,48,54);4*1H2/t31-,32-,35-,36-;;;;/m0..../s1. The molecule has 2 aliphatic rings. The van der Waals surface area contributed by atoms with Crippen LogP contribution in [-0.4, -0.2) is 121 Å². The predicted octanol–water partition coefficient (Wildman–Crippen LogP) is 6.07. The molecule has 2 saturated heterocycles. The van der Waals surface area contributed by atoms with Crippen LogP contribution < -0.4 is 10.6 Å². The molecule has 0 spiro atoms. The molecule has 0 bridgehead atoms. The Hall–Kier alpha value is -4.60. The maximum absolute atomic E-state index is 13.6. The van der Waals surface area contributed by atoms with Crippen molar-refractivity contribution in [1.82, 2.24) is 40.4 Å². The average molecular weight is 931 g/mol. The van der Waals surface area contributed by atoms with E-state index in [1.54, 1.807) is 30.2 Å². The first kappa shape index (κ1) is 51.7. The number of H-pyrrole nitrogens is 2. The van der Waals surface area contributed by atoms with E-state index in [4.69, 9.17) is 28.9 Å². The second-order valence-electron chi connectivity index (χ2n) is 14.6. The van der Waals surface area contributed by atoms with Crippen LogP contribution in [-0.2, 0) is 28.5 Å². The third kappa shape index (κ3) is 11.5. The SMILES string of the molecule is COCC[C@H](NC(=O)OC)C(=O)N1CCC[C@H]1c1ncc(-c2ccc3cc(-c4ccc5nc([C@@H]6CCCN6C(=O)[C@H](CCOC)NC(=O)OC)[nH]c5c4)ccc3c2)[nH]1.S.S.S.S. The van der Waals surface area contributed by atoms with E-state index >= 15 is 0 Å². The Labute approximate surface area is 388 Å². The molecule has 3 aromatic carbocycles. The lowest BCUT2D eigenvalue weighted by molar-refractivity contribution is -0.135. The van der Waals surface area contributed by atoms with Crippen LogP contribution in [0.4, 0.5) is 9.59 Å². The van der Waals surface area contributed by atoms with Gasteiger partial charge < -0.3 is 49.3 Å². The van der Waals surface area contributed by atoms with Crippen LogP contribution in [0.25, 0.3) is 44.2 Å². The monoisotopic (exact) mass is 930 g/mol. The number of carbonyl (C=O) groups is 4. The van der Waals surface area contributed by atoms with E-state index in [0.29, 0.717) is 50.8 Å². The van der Waals surface area contributed by atoms with Crippen molar-refractivity contribution in [2.45, 2.75) is 62.7 Å². The number of rotatable bonds is 14. The first-order valence-electron chi connectivity index (χ1n) is 19.6. The van der Waals surface area contributed by atoms with Crippen molar-refractivity contribution in [2.24, 2.45) is 0 Å². The van der Waals surface area contributed by atoms with Gasteiger partial charge in [0.1, 0.15) is 23.7 Å². The van der Waals surface area contributed by atoms with Crippen LogP contribution in [0.2, 0.25) is 0 Å². The van der Waals surface area contributed by atoms with Crippen molar-refractivity contribution in [1.29, 1.82) is 0 Å². The van der Waals surface area contributed by atoms with Crippen molar-refractivity contribution >= 4 is 99.8 Å². The van der Waals surface area contributed by atoms with Gasteiger partial charge in [-0.15, -0.1) is 0 Å². The lowest BCUT2D eigenvalue weighted by Crippen LogP contribution is -2.49. The lowest BCUT2D eigenvalue weighted by atomic mass is 9.99. The zero-order valence-corrected chi connectivity index (χ0v) is 39.2. The van der Waals surface area contributed by atoms with E-state index in [1.807, 2.05) is 6.07 Å². The van der Waals surface area contributed by atoms with E-state index in [9.17, 15) is 19.2 Å². The highest BCUT2D eigenvalue weighted by atomic mass is 32.1. The molecule has 2 aliphatic heterocycles. The summed E-state index contributed by atoms with van der Waals surface area (Å²) in [5.74, 6) is 1.03. The zero-order valence-electron chi connectivity index (χ0n) is 35.2. The highest BCUT2D eigenvalue weighted by Crippen LogP contribution is 2.36. The van der Waals surface area contributed by atoms with Gasteiger partial charge in [-0.25, -0.2) is 19.6 Å². The highest BCUT2D eigenvalue weighted by Gasteiger charge is 2.38. The maximum Gasteiger partial charge on any atom is 0.407 e. The summed E-state index contributed by atoms with van der Waals surface area (Å²) < 4.78 is 19.9. The van der Waals surface area contributed by atoms with E-state index in [-0.39, 0.29) is 77.9 Å². The number of nitrogens with zero attached hydrogens (tertiary/aromatic N) is 4. The first-order chi connectivity index (χ1) is 28.2. The van der Waals surface area contributed by atoms with Gasteiger partial charge in [-0.1, -0.05) is 30.3 Å². The predicted molar refractivity (Wildman–Crippen MR) is 257 cm³/mol. The fourth-order valence-corrected chi connectivity index (χ4v) is 8.03. The number of alkyl carbamates (subject to hydrolysis) is 2. The number of ether oxygens (including phenoxy) is 4. The fraction of sp³-hybridized carbons (Fsp3) is 0.429. The van der Waals surface area contributed by atoms with Gasteiger partial charge in [0.25, 0.3) is 0 Å². The number of hydrogen-bond acceptors (Lipinski definition) is 10. The maximum atomic E-state index is 13.6. The highest BCUT2D eigenvalue weighted by molar-refractivity contribution is 7.59. The summed E-state index contributed by atoms with van der Waals surface area (Å²) in [6, 6.07) is 16.7. The number of aromatic nitrogens is 4. The fourth-order valence-electron chi connectivity index (χ4n) is 8.03. The summed E-state index contributed by atoms with van der Waals surface area (Å²) in [6.07, 6.45) is 4.28. The second-order valence-corrected chi connectivity index (χ2v) is 14.6. The molecule has 4 heterocycles. The van der Waals surface area contributed by atoms with Gasteiger partial charge in [-0.05, 0) is 71.8 Å². The number of aromatic amines is 2. The van der Waals surface area contributed by atoms with Crippen molar-refractivity contribution in [3.8, 4) is 22.4 Å². The summed E-state index contributed by atoms with van der Waals surface area (Å²) >= 11 is 0. The molecule has 16 nitrogen and oxygen atoms in total. The minimum atomic E-state index is -0.769. The topological polar surface area (TPSA) is 193 Å². The van der Waals surface area contributed by atoms with Gasteiger partial charge in [0.05, 0.1) is 49.2 Å². The molecule has 2 aromatic heterocycles. The Morgan fingerprint density at radius 1 is 0.677 bits per heavy atom. The van der Waals surface area contributed by atoms with Crippen LogP contribution in [0.3, 0.4) is 0 Å². The molecule has 0 aliphatic carbocycles. The molecule has 4 atom stereocenters. The Morgan fingerprint density at radius 2 is 1.18 bits per heavy atom. The number of likely N-dealkylation sites (tertiary alicyclic amines) is 2. The third-order valence-electron chi connectivity index (χ3n) is 11.1. The number of methoxy groups -OCH3 is 4. The van der Waals surface area contributed by atoms with Crippen molar-refractivity contribution in [3.63, 3.8) is 0 Å². The van der Waals surface area contributed by atoms with Crippen molar-refractivity contribution in [3.05, 3.63) is 72.4 Å². The summed E-state index contributed by atoms with van der Waals surface area (Å²) in [4.78, 5) is 71.3. The number of nitrogens with one attached hydrogen (secondary N) is 4. The van der Waals surface area contributed by atoms with Crippen LogP contribution in [0.15, 0.2) is 60.8 Å². The van der Waals surface area contributed by atoms with Crippen molar-refractivity contribution in [2.75, 3.05) is 54.7 Å². The molecule has 2 fully saturated rings. The minimum absolute atomic E-state index is 0. The quantitative estimate of drug-likeness (QED) is 0.102. The summed E-state index contributed by atoms with van der Waals surface area (Å²) in [7, 11) is 5.66. The number of carbonyl (C=O) groups excluding carboxylic acids is 4. The van der Waals surface area contributed by atoms with Gasteiger partial charge in [-0.2, -0.15) is 54.0 Å². The molecule has 0 radical (unpaired) electrons. The molecule has 0 saturated carbocycles. The summed E-state index contributed by atoms with van der Waals surface area (Å²) in [5, 5.41) is 7.45. The van der Waals surface area contributed by atoms with Crippen LogP contribution in [0, 0.1) is 0 Å². The molecule has 20 heteroatoms. The molecule has 4 N–H and O–H groups in total.